The van der Waals surface area contributed by atoms with E-state index in [-0.39, 0.29) is 5.56 Å². The summed E-state index contributed by atoms with van der Waals surface area (Å²) in [5.41, 5.74) is 2.74. The van der Waals surface area contributed by atoms with Gasteiger partial charge >= 0.3 is 0 Å². The smallest absolute Gasteiger partial charge is 0.130 e. The Labute approximate surface area is 139 Å². The third-order valence-corrected chi connectivity index (χ3v) is 5.18. The Morgan fingerprint density at radius 2 is 1.55 bits per heavy atom. The minimum atomic E-state index is -0.451. The second-order valence-electron chi connectivity index (χ2n) is 5.18. The highest BCUT2D eigenvalue weighted by Crippen LogP contribution is 2.27. The van der Waals surface area contributed by atoms with E-state index in [1.54, 1.807) is 23.5 Å². The van der Waals surface area contributed by atoms with Crippen molar-refractivity contribution in [3.05, 3.63) is 59.2 Å². The summed E-state index contributed by atoms with van der Waals surface area (Å²) in [5.74, 6) is 1.50. The largest absolute Gasteiger partial charge is 0.207 e. The molecule has 4 heteroatoms. The average Bonchev–Trinajstić information content (AvgIpc) is 2.50. The fourth-order valence-corrected chi connectivity index (χ4v) is 3.72. The summed E-state index contributed by atoms with van der Waals surface area (Å²) >= 11 is 3.38. The van der Waals surface area contributed by atoms with Gasteiger partial charge in [0.1, 0.15) is 11.6 Å². The molecule has 2 aromatic carbocycles. The molecule has 0 spiro atoms. The van der Waals surface area contributed by atoms with Gasteiger partial charge in [-0.15, -0.1) is 0 Å². The Hall–Kier alpha value is -1.00. The molecule has 0 aliphatic heterocycles. The maximum absolute atomic E-state index is 14.2. The van der Waals surface area contributed by atoms with Crippen molar-refractivity contribution in [3.63, 3.8) is 0 Å². The van der Waals surface area contributed by atoms with Crippen LogP contribution in [0.1, 0.15) is 17.5 Å². The number of rotatable bonds is 7. The molecule has 0 nitrogen and oxygen atoms in total. The van der Waals surface area contributed by atoms with Gasteiger partial charge in [0.2, 0.25) is 0 Å². The third kappa shape index (κ3) is 4.75. The summed E-state index contributed by atoms with van der Waals surface area (Å²) < 4.78 is 28.4. The van der Waals surface area contributed by atoms with E-state index in [0.29, 0.717) is 11.3 Å². The van der Waals surface area contributed by atoms with Crippen molar-refractivity contribution in [2.45, 2.75) is 19.1 Å². The molecule has 0 saturated heterocycles. The van der Waals surface area contributed by atoms with Crippen LogP contribution in [-0.2, 0) is 5.75 Å². The first kappa shape index (κ1) is 17.4. The molecule has 0 aliphatic rings. The number of halogens is 2. The van der Waals surface area contributed by atoms with Crippen molar-refractivity contribution in [1.82, 2.24) is 0 Å². The average molecular weight is 338 g/mol. The summed E-state index contributed by atoms with van der Waals surface area (Å²) in [6.45, 7) is 1.99. The summed E-state index contributed by atoms with van der Waals surface area (Å²) in [6, 6.07) is 10.5. The summed E-state index contributed by atoms with van der Waals surface area (Å²) in [4.78, 5) is 0. The fraction of sp³-hybridized carbons (Fsp3) is 0.333. The molecule has 2 rings (SSSR count). The van der Waals surface area contributed by atoms with E-state index in [0.717, 1.165) is 29.1 Å². The van der Waals surface area contributed by atoms with Crippen LogP contribution in [0.4, 0.5) is 8.78 Å². The van der Waals surface area contributed by atoms with Crippen molar-refractivity contribution in [3.8, 4) is 11.1 Å². The SMILES string of the molecule is CSCCCSCc1c(F)cc(-c2ccc(C)cc2)cc1F. The molecule has 22 heavy (non-hydrogen) atoms. The van der Waals surface area contributed by atoms with Gasteiger partial charge in [-0.2, -0.15) is 23.5 Å². The van der Waals surface area contributed by atoms with Crippen LogP contribution in [0.5, 0.6) is 0 Å². The number of benzene rings is 2. The normalized spacial score (nSPS) is 10.9. The zero-order valence-corrected chi connectivity index (χ0v) is 14.5. The van der Waals surface area contributed by atoms with Gasteiger partial charge in [-0.25, -0.2) is 8.78 Å². The Morgan fingerprint density at radius 1 is 0.909 bits per heavy atom. The lowest BCUT2D eigenvalue weighted by Gasteiger charge is -2.09. The van der Waals surface area contributed by atoms with Crippen LogP contribution in [-0.4, -0.2) is 17.8 Å². The first-order valence-corrected chi connectivity index (χ1v) is 9.78. The predicted octanol–water partition coefficient (Wildman–Crippen LogP) is 5.93. The molecule has 0 saturated carbocycles. The fourth-order valence-electron chi connectivity index (χ4n) is 2.13. The minimum Gasteiger partial charge on any atom is -0.207 e. The monoisotopic (exact) mass is 338 g/mol. The Bertz CT molecular complexity index is 586. The van der Waals surface area contributed by atoms with Crippen molar-refractivity contribution in [2.75, 3.05) is 17.8 Å². The van der Waals surface area contributed by atoms with Gasteiger partial charge in [-0.05, 0) is 54.4 Å². The Balaban J connectivity index is 2.09. The van der Waals surface area contributed by atoms with E-state index >= 15 is 0 Å². The van der Waals surface area contributed by atoms with Gasteiger partial charge in [0.15, 0.2) is 0 Å². The number of aryl methyl sites for hydroxylation is 1. The van der Waals surface area contributed by atoms with Crippen molar-refractivity contribution in [1.29, 1.82) is 0 Å². The predicted molar refractivity (Wildman–Crippen MR) is 95.7 cm³/mol. The van der Waals surface area contributed by atoms with E-state index in [1.807, 2.05) is 31.2 Å². The van der Waals surface area contributed by atoms with Gasteiger partial charge in [-0.3, -0.25) is 0 Å². The summed E-state index contributed by atoms with van der Waals surface area (Å²) in [6.07, 6.45) is 3.13. The van der Waals surface area contributed by atoms with Gasteiger partial charge in [-0.1, -0.05) is 29.8 Å². The maximum atomic E-state index is 14.2. The van der Waals surface area contributed by atoms with Crippen LogP contribution in [0, 0.1) is 18.6 Å². The van der Waals surface area contributed by atoms with Crippen LogP contribution in [0.3, 0.4) is 0 Å². The van der Waals surface area contributed by atoms with Crippen LogP contribution in [0.2, 0.25) is 0 Å². The molecule has 0 aliphatic carbocycles. The lowest BCUT2D eigenvalue weighted by molar-refractivity contribution is 0.567. The molecule has 0 fully saturated rings. The van der Waals surface area contributed by atoms with Crippen molar-refractivity contribution < 1.29 is 8.78 Å². The minimum absolute atomic E-state index is 0.185. The Morgan fingerprint density at radius 3 is 2.14 bits per heavy atom. The maximum Gasteiger partial charge on any atom is 0.130 e. The Kier molecular flexibility index (Phi) is 6.77. The van der Waals surface area contributed by atoms with E-state index in [2.05, 4.69) is 6.26 Å². The molecule has 0 aromatic heterocycles. The molecule has 0 atom stereocenters. The van der Waals surface area contributed by atoms with Crippen LogP contribution >= 0.6 is 23.5 Å². The number of hydrogen-bond acceptors (Lipinski definition) is 2. The van der Waals surface area contributed by atoms with Crippen molar-refractivity contribution >= 4 is 23.5 Å². The second-order valence-corrected chi connectivity index (χ2v) is 7.27. The van der Waals surface area contributed by atoms with Crippen LogP contribution in [0.15, 0.2) is 36.4 Å². The molecular weight excluding hydrogens is 318 g/mol. The molecule has 2 aromatic rings. The lowest BCUT2D eigenvalue weighted by atomic mass is 10.0. The van der Waals surface area contributed by atoms with Gasteiger partial charge in [0.05, 0.1) is 0 Å². The molecule has 0 bridgehead atoms. The summed E-state index contributed by atoms with van der Waals surface area (Å²) in [5, 5.41) is 0. The van der Waals surface area contributed by atoms with Gasteiger partial charge < -0.3 is 0 Å². The molecule has 0 radical (unpaired) electrons. The standard InChI is InChI=1S/C18H20F2S2/c1-13-4-6-14(7-5-13)15-10-17(19)16(18(20)11-15)12-22-9-3-8-21-2/h4-7,10-11H,3,8-9,12H2,1-2H3. The zero-order valence-electron chi connectivity index (χ0n) is 12.9. The highest BCUT2D eigenvalue weighted by atomic mass is 32.2. The highest BCUT2D eigenvalue weighted by molar-refractivity contribution is 7.99. The van der Waals surface area contributed by atoms with Gasteiger partial charge in [0.25, 0.3) is 0 Å². The first-order valence-electron chi connectivity index (χ1n) is 7.23. The second kappa shape index (κ2) is 8.59. The third-order valence-electron chi connectivity index (χ3n) is 3.41. The molecule has 0 heterocycles. The molecule has 0 unspecified atom stereocenters. The van der Waals surface area contributed by atoms with E-state index in [4.69, 9.17) is 0 Å². The van der Waals surface area contributed by atoms with Crippen molar-refractivity contribution in [2.24, 2.45) is 0 Å². The van der Waals surface area contributed by atoms with Crippen LogP contribution < -0.4 is 0 Å². The first-order chi connectivity index (χ1) is 10.6. The van der Waals surface area contributed by atoms with Gasteiger partial charge in [0, 0.05) is 11.3 Å². The topological polar surface area (TPSA) is 0 Å². The number of hydrogen-bond donors (Lipinski definition) is 0. The highest BCUT2D eigenvalue weighted by Gasteiger charge is 2.12. The van der Waals surface area contributed by atoms with E-state index in [9.17, 15) is 8.78 Å². The van der Waals surface area contributed by atoms with E-state index in [1.165, 1.54) is 12.1 Å². The van der Waals surface area contributed by atoms with Crippen LogP contribution in [0.25, 0.3) is 11.1 Å². The zero-order chi connectivity index (χ0) is 15.9. The lowest BCUT2D eigenvalue weighted by Crippen LogP contribution is -1.96. The number of thioether (sulfide) groups is 2. The summed E-state index contributed by atoms with van der Waals surface area (Å²) in [7, 11) is 0. The molecule has 0 amide bonds. The molecule has 118 valence electrons. The molecular formula is C18H20F2S2. The quantitative estimate of drug-likeness (QED) is 0.574. The molecule has 0 N–H and O–H groups in total. The van der Waals surface area contributed by atoms with E-state index < -0.39 is 11.6 Å².